The molecule has 3 aliphatic rings. The predicted molar refractivity (Wildman–Crippen MR) is 136 cm³/mol. The Hall–Kier alpha value is -3.52. The summed E-state index contributed by atoms with van der Waals surface area (Å²) in [6, 6.07) is 15.0. The predicted octanol–water partition coefficient (Wildman–Crippen LogP) is 3.45. The quantitative estimate of drug-likeness (QED) is 0.544. The number of hydrogen-bond donors (Lipinski definition) is 3. The Morgan fingerprint density at radius 1 is 1.17 bits per heavy atom. The number of carbonyl (C=O) groups excluding carboxylic acids is 1. The highest BCUT2D eigenvalue weighted by molar-refractivity contribution is 5.89. The number of nitrogens with one attached hydrogen (secondary N) is 3. The van der Waals surface area contributed by atoms with E-state index in [0.717, 1.165) is 23.6 Å². The summed E-state index contributed by atoms with van der Waals surface area (Å²) in [5.41, 5.74) is 12.0. The molecule has 2 aromatic carbocycles. The molecule has 3 atom stereocenters. The van der Waals surface area contributed by atoms with Crippen LogP contribution in [0, 0.1) is 13.8 Å². The van der Waals surface area contributed by atoms with Crippen molar-refractivity contribution >= 4 is 11.7 Å². The van der Waals surface area contributed by atoms with Crippen LogP contribution < -0.4 is 20.9 Å². The molecule has 0 aromatic heterocycles. The molecule has 8 nitrogen and oxygen atoms in total. The number of hydrogen-bond acceptors (Lipinski definition) is 7. The van der Waals surface area contributed by atoms with Crippen LogP contribution in [0.4, 0.5) is 0 Å². The lowest BCUT2D eigenvalue weighted by Gasteiger charge is -2.37. The van der Waals surface area contributed by atoms with E-state index in [4.69, 9.17) is 4.74 Å². The molecule has 3 heterocycles. The van der Waals surface area contributed by atoms with Crippen molar-refractivity contribution in [1.82, 2.24) is 26.1 Å². The van der Waals surface area contributed by atoms with Crippen LogP contribution in [0.15, 0.2) is 60.0 Å². The van der Waals surface area contributed by atoms with Gasteiger partial charge < -0.3 is 20.0 Å². The van der Waals surface area contributed by atoms with E-state index in [1.54, 1.807) is 0 Å². The number of ether oxygens (including phenoxy) is 1. The van der Waals surface area contributed by atoms with Gasteiger partial charge in [0, 0.05) is 31.8 Å². The molecule has 3 aliphatic heterocycles. The summed E-state index contributed by atoms with van der Waals surface area (Å²) < 4.78 is 5.47. The van der Waals surface area contributed by atoms with E-state index in [1.165, 1.54) is 16.7 Å². The molecule has 35 heavy (non-hydrogen) atoms. The Morgan fingerprint density at radius 2 is 2.00 bits per heavy atom. The first-order valence-corrected chi connectivity index (χ1v) is 12.4. The number of fused-ring (bicyclic) bond motifs is 3. The van der Waals surface area contributed by atoms with Gasteiger partial charge in [0.15, 0.2) is 0 Å². The highest BCUT2D eigenvalue weighted by Gasteiger charge is 2.44. The third-order valence-electron chi connectivity index (χ3n) is 6.93. The minimum absolute atomic E-state index is 0.0187. The van der Waals surface area contributed by atoms with Crippen LogP contribution in [0.5, 0.6) is 5.75 Å². The highest BCUT2D eigenvalue weighted by atomic mass is 16.5. The Morgan fingerprint density at radius 3 is 2.80 bits per heavy atom. The first-order chi connectivity index (χ1) is 17.0. The van der Waals surface area contributed by atoms with Crippen molar-refractivity contribution in [1.29, 1.82) is 0 Å². The van der Waals surface area contributed by atoms with Gasteiger partial charge in [-0.2, -0.15) is 5.10 Å². The van der Waals surface area contributed by atoms with Crippen molar-refractivity contribution in [2.75, 3.05) is 6.61 Å². The molecule has 1 fully saturated rings. The zero-order valence-electron chi connectivity index (χ0n) is 20.6. The first-order valence-electron chi connectivity index (χ1n) is 12.4. The number of aryl methyl sites for hydroxylation is 2. The Balaban J connectivity index is 1.13. The fourth-order valence-corrected chi connectivity index (χ4v) is 5.03. The molecule has 0 bridgehead atoms. The van der Waals surface area contributed by atoms with Gasteiger partial charge in [0.2, 0.25) is 5.91 Å². The van der Waals surface area contributed by atoms with Crippen LogP contribution in [0.25, 0.3) is 0 Å². The average Bonchev–Trinajstić information content (AvgIpc) is 3.48. The summed E-state index contributed by atoms with van der Waals surface area (Å²) >= 11 is 0. The van der Waals surface area contributed by atoms with E-state index in [9.17, 15) is 4.79 Å². The first kappa shape index (κ1) is 23.2. The number of carbonyl (C=O) groups is 1. The smallest absolute Gasteiger partial charge is 0.220 e. The molecule has 0 saturated carbocycles. The van der Waals surface area contributed by atoms with E-state index in [1.807, 2.05) is 31.2 Å². The number of amides is 1. The molecule has 3 N–H and O–H groups in total. The van der Waals surface area contributed by atoms with E-state index < -0.39 is 0 Å². The van der Waals surface area contributed by atoms with Crippen LogP contribution in [-0.2, 0) is 11.3 Å². The van der Waals surface area contributed by atoms with Crippen molar-refractivity contribution < 1.29 is 9.53 Å². The van der Waals surface area contributed by atoms with Crippen molar-refractivity contribution in [3.8, 4) is 5.75 Å². The van der Waals surface area contributed by atoms with Crippen molar-refractivity contribution in [2.24, 2.45) is 5.10 Å². The fourth-order valence-electron chi connectivity index (χ4n) is 5.03. The average molecular weight is 475 g/mol. The molecule has 0 aliphatic carbocycles. The van der Waals surface area contributed by atoms with Crippen LogP contribution in [0.1, 0.15) is 54.5 Å². The van der Waals surface area contributed by atoms with Crippen molar-refractivity contribution in [3.05, 3.63) is 77.1 Å². The molecule has 0 radical (unpaired) electrons. The molecule has 8 heteroatoms. The number of hydrazone groups is 1. The molecule has 1 amide bonds. The van der Waals surface area contributed by atoms with E-state index in [-0.39, 0.29) is 24.2 Å². The van der Waals surface area contributed by atoms with Gasteiger partial charge >= 0.3 is 0 Å². The van der Waals surface area contributed by atoms with Gasteiger partial charge in [-0.15, -0.1) is 0 Å². The van der Waals surface area contributed by atoms with Crippen LogP contribution in [0.2, 0.25) is 0 Å². The Labute approximate surface area is 207 Å². The largest absolute Gasteiger partial charge is 0.494 e. The van der Waals surface area contributed by atoms with Crippen molar-refractivity contribution in [3.63, 3.8) is 0 Å². The molecular weight excluding hydrogens is 440 g/mol. The summed E-state index contributed by atoms with van der Waals surface area (Å²) in [4.78, 5) is 14.7. The third-order valence-corrected chi connectivity index (χ3v) is 6.93. The number of rotatable bonds is 8. The molecule has 5 rings (SSSR count). The second kappa shape index (κ2) is 10.00. The van der Waals surface area contributed by atoms with Crippen molar-refractivity contribution in [2.45, 2.75) is 64.8 Å². The minimum atomic E-state index is 0.0187. The number of benzene rings is 2. The van der Waals surface area contributed by atoms with E-state index in [0.29, 0.717) is 26.0 Å². The van der Waals surface area contributed by atoms with Crippen LogP contribution in [-0.4, -0.2) is 40.5 Å². The summed E-state index contributed by atoms with van der Waals surface area (Å²) in [7, 11) is 0. The monoisotopic (exact) mass is 474 g/mol. The third kappa shape index (κ3) is 4.98. The standard InChI is InChI=1S/C27H34N6O2/c1-4-35-21-9-7-20(8-10-21)17-28-26(34)12-11-25-29-30-27-24-16-23(31-33(24)14-13-32(25)27)22-15-18(2)5-6-19(22)3/h5-10,13-15,23-24,27,30-31H,4,11-12,16-17H2,1-3H3,(H,28,34). The van der Waals surface area contributed by atoms with Crippen LogP contribution in [0.3, 0.4) is 0 Å². The second-order valence-corrected chi connectivity index (χ2v) is 9.41. The second-order valence-electron chi connectivity index (χ2n) is 9.41. The summed E-state index contributed by atoms with van der Waals surface area (Å²) in [6.45, 7) is 7.42. The lowest BCUT2D eigenvalue weighted by molar-refractivity contribution is -0.121. The number of hydrazine groups is 1. The molecule has 1 saturated heterocycles. The Kier molecular flexibility index (Phi) is 6.63. The highest BCUT2D eigenvalue weighted by Crippen LogP contribution is 2.35. The lowest BCUT2D eigenvalue weighted by atomic mass is 9.95. The van der Waals surface area contributed by atoms with Gasteiger partial charge in [-0.3, -0.25) is 10.2 Å². The topological polar surface area (TPSA) is 81.2 Å². The summed E-state index contributed by atoms with van der Waals surface area (Å²) in [5.74, 6) is 1.76. The molecule has 0 spiro atoms. The van der Waals surface area contributed by atoms with Gasteiger partial charge in [-0.05, 0) is 56.0 Å². The van der Waals surface area contributed by atoms with Gasteiger partial charge in [-0.1, -0.05) is 35.9 Å². The number of amidine groups is 1. The Bertz CT molecular complexity index is 1130. The SMILES string of the molecule is CCOc1ccc(CNC(=O)CCC2=NNC3C4CC(c5cc(C)ccc5C)NN4C=CN23)cc1. The van der Waals surface area contributed by atoms with Gasteiger partial charge in [-0.25, -0.2) is 5.43 Å². The lowest BCUT2D eigenvalue weighted by Crippen LogP contribution is -2.54. The molecule has 184 valence electrons. The van der Waals surface area contributed by atoms with E-state index >= 15 is 0 Å². The molecule has 3 unspecified atom stereocenters. The number of nitrogens with zero attached hydrogens (tertiary/aromatic N) is 3. The van der Waals surface area contributed by atoms with E-state index in [2.05, 4.69) is 75.6 Å². The summed E-state index contributed by atoms with van der Waals surface area (Å²) in [5, 5.41) is 9.78. The van der Waals surface area contributed by atoms with Gasteiger partial charge in [0.05, 0.1) is 18.7 Å². The zero-order chi connectivity index (χ0) is 24.4. The maximum atomic E-state index is 12.5. The molecule has 2 aromatic rings. The zero-order valence-corrected chi connectivity index (χ0v) is 20.6. The summed E-state index contributed by atoms with van der Waals surface area (Å²) in [6.07, 6.45) is 6.16. The maximum absolute atomic E-state index is 12.5. The van der Waals surface area contributed by atoms with Gasteiger partial charge in [0.25, 0.3) is 0 Å². The normalized spacial score (nSPS) is 22.4. The molecular formula is C27H34N6O2. The fraction of sp³-hybridized carbons (Fsp3) is 0.407. The van der Waals surface area contributed by atoms with Gasteiger partial charge in [0.1, 0.15) is 17.8 Å². The maximum Gasteiger partial charge on any atom is 0.220 e. The minimum Gasteiger partial charge on any atom is -0.494 e. The van der Waals surface area contributed by atoms with Crippen LogP contribution >= 0.6 is 0 Å².